The van der Waals surface area contributed by atoms with E-state index in [2.05, 4.69) is 31.3 Å². The number of ether oxygens (including phenoxy) is 2. The maximum Gasteiger partial charge on any atom is 0.341 e. The summed E-state index contributed by atoms with van der Waals surface area (Å²) < 4.78 is 12.6. The second kappa shape index (κ2) is 7.16. The van der Waals surface area contributed by atoms with E-state index in [4.69, 9.17) is 14.6 Å². The average molecular weight is 423 g/mol. The van der Waals surface area contributed by atoms with Gasteiger partial charge in [-0.05, 0) is 25.1 Å². The highest BCUT2D eigenvalue weighted by molar-refractivity contribution is 9.10. The first-order valence-corrected chi connectivity index (χ1v) is 8.31. The Bertz CT molecular complexity index is 908. The molecule has 2 aromatic rings. The summed E-state index contributed by atoms with van der Waals surface area (Å²) in [6.45, 7) is 1.22. The SMILES string of the molecule is COC(=O)C1=C(C)Nc2ncnn2[C@H]1c1cc(Br)ccc1OCC(=O)O. The van der Waals surface area contributed by atoms with Crippen LogP contribution in [0.15, 0.2) is 40.3 Å². The van der Waals surface area contributed by atoms with Gasteiger partial charge >= 0.3 is 11.9 Å². The average Bonchev–Trinajstić information content (AvgIpc) is 3.06. The van der Waals surface area contributed by atoms with Gasteiger partial charge in [-0.15, -0.1) is 0 Å². The third-order valence-corrected chi connectivity index (χ3v) is 4.31. The van der Waals surface area contributed by atoms with E-state index in [1.807, 2.05) is 0 Å². The van der Waals surface area contributed by atoms with Crippen molar-refractivity contribution in [2.75, 3.05) is 19.0 Å². The van der Waals surface area contributed by atoms with Crippen LogP contribution in [-0.2, 0) is 14.3 Å². The number of carbonyl (C=O) groups excluding carboxylic acids is 1. The van der Waals surface area contributed by atoms with Crippen molar-refractivity contribution in [1.82, 2.24) is 14.8 Å². The molecule has 1 aromatic carbocycles. The molecule has 0 spiro atoms. The van der Waals surface area contributed by atoms with Gasteiger partial charge in [-0.1, -0.05) is 15.9 Å². The Balaban J connectivity index is 2.18. The number of halogens is 1. The molecule has 26 heavy (non-hydrogen) atoms. The summed E-state index contributed by atoms with van der Waals surface area (Å²) in [6, 6.07) is 4.40. The number of nitrogens with one attached hydrogen (secondary N) is 1. The molecule has 0 saturated carbocycles. The lowest BCUT2D eigenvalue weighted by molar-refractivity contribution is -0.139. The number of fused-ring (bicyclic) bond motifs is 1. The summed E-state index contributed by atoms with van der Waals surface area (Å²) in [6.07, 6.45) is 1.36. The fraction of sp³-hybridized carbons (Fsp3) is 0.250. The van der Waals surface area contributed by atoms with Crippen molar-refractivity contribution < 1.29 is 24.2 Å². The van der Waals surface area contributed by atoms with E-state index in [1.54, 1.807) is 25.1 Å². The normalized spacial score (nSPS) is 15.9. The molecule has 0 radical (unpaired) electrons. The van der Waals surface area contributed by atoms with Gasteiger partial charge in [-0.2, -0.15) is 10.1 Å². The molecule has 3 rings (SSSR count). The number of methoxy groups -OCH3 is 1. The lowest BCUT2D eigenvalue weighted by Crippen LogP contribution is -2.29. The van der Waals surface area contributed by atoms with Crippen LogP contribution >= 0.6 is 15.9 Å². The van der Waals surface area contributed by atoms with E-state index in [-0.39, 0.29) is 0 Å². The van der Waals surface area contributed by atoms with Gasteiger partial charge in [0.15, 0.2) is 6.61 Å². The lowest BCUT2D eigenvalue weighted by atomic mass is 9.95. The van der Waals surface area contributed by atoms with Crippen molar-refractivity contribution >= 4 is 33.8 Å². The zero-order chi connectivity index (χ0) is 18.8. The van der Waals surface area contributed by atoms with Crippen LogP contribution in [0.5, 0.6) is 5.75 Å². The van der Waals surface area contributed by atoms with Crippen LogP contribution in [0.25, 0.3) is 0 Å². The second-order valence-corrected chi connectivity index (χ2v) is 6.37. The molecule has 9 nitrogen and oxygen atoms in total. The lowest BCUT2D eigenvalue weighted by Gasteiger charge is -2.29. The molecule has 136 valence electrons. The van der Waals surface area contributed by atoms with Crippen LogP contribution in [0.2, 0.25) is 0 Å². The number of carboxylic acid groups (broad SMARTS) is 1. The molecule has 0 unspecified atom stereocenters. The molecule has 0 amide bonds. The highest BCUT2D eigenvalue weighted by Gasteiger charge is 2.36. The summed E-state index contributed by atoms with van der Waals surface area (Å²) in [5, 5.41) is 16.1. The maximum absolute atomic E-state index is 12.4. The van der Waals surface area contributed by atoms with Crippen LogP contribution in [0.4, 0.5) is 5.95 Å². The first-order chi connectivity index (χ1) is 12.4. The van der Waals surface area contributed by atoms with Gasteiger partial charge in [0.05, 0.1) is 12.7 Å². The minimum Gasteiger partial charge on any atom is -0.482 e. The molecule has 2 heterocycles. The van der Waals surface area contributed by atoms with Gasteiger partial charge < -0.3 is 19.9 Å². The number of anilines is 1. The van der Waals surface area contributed by atoms with Gasteiger partial charge in [0.2, 0.25) is 5.95 Å². The van der Waals surface area contributed by atoms with Crippen molar-refractivity contribution in [3.63, 3.8) is 0 Å². The Morgan fingerprint density at radius 2 is 2.19 bits per heavy atom. The van der Waals surface area contributed by atoms with Gasteiger partial charge in [-0.25, -0.2) is 14.3 Å². The van der Waals surface area contributed by atoms with Crippen LogP contribution in [0.3, 0.4) is 0 Å². The summed E-state index contributed by atoms with van der Waals surface area (Å²) in [5.74, 6) is -0.877. The molecular weight excluding hydrogens is 408 g/mol. The number of hydrogen-bond donors (Lipinski definition) is 2. The van der Waals surface area contributed by atoms with E-state index < -0.39 is 24.6 Å². The molecule has 1 aliphatic rings. The van der Waals surface area contributed by atoms with Gasteiger partial charge in [-0.3, -0.25) is 0 Å². The Morgan fingerprint density at radius 1 is 1.42 bits per heavy atom. The Labute approximate surface area is 156 Å². The largest absolute Gasteiger partial charge is 0.482 e. The fourth-order valence-corrected chi connectivity index (χ4v) is 3.14. The smallest absolute Gasteiger partial charge is 0.341 e. The molecule has 1 aliphatic heterocycles. The summed E-state index contributed by atoms with van der Waals surface area (Å²) in [4.78, 5) is 27.5. The zero-order valence-electron chi connectivity index (χ0n) is 13.9. The summed E-state index contributed by atoms with van der Waals surface area (Å²) in [7, 11) is 1.29. The fourth-order valence-electron chi connectivity index (χ4n) is 2.76. The van der Waals surface area contributed by atoms with Crippen LogP contribution < -0.4 is 10.1 Å². The molecule has 2 N–H and O–H groups in total. The molecule has 1 atom stereocenters. The number of benzene rings is 1. The van der Waals surface area contributed by atoms with E-state index in [0.717, 1.165) is 4.47 Å². The molecule has 1 aromatic heterocycles. The molecule has 0 aliphatic carbocycles. The number of allylic oxidation sites excluding steroid dienone is 1. The summed E-state index contributed by atoms with van der Waals surface area (Å²) >= 11 is 3.40. The van der Waals surface area contributed by atoms with Gasteiger partial charge in [0.25, 0.3) is 0 Å². The molecular formula is C16H15BrN4O5. The van der Waals surface area contributed by atoms with Crippen molar-refractivity contribution in [3.8, 4) is 5.75 Å². The Hall–Kier alpha value is -2.88. The summed E-state index contributed by atoms with van der Waals surface area (Å²) in [5.41, 5.74) is 1.43. The number of carbonyl (C=O) groups is 2. The van der Waals surface area contributed by atoms with Crippen molar-refractivity contribution in [3.05, 3.63) is 45.8 Å². The first kappa shape index (κ1) is 17.9. The third-order valence-electron chi connectivity index (χ3n) is 3.82. The van der Waals surface area contributed by atoms with Gasteiger partial charge in [0.1, 0.15) is 18.1 Å². The number of nitrogens with zero attached hydrogens (tertiary/aromatic N) is 3. The van der Waals surface area contributed by atoms with Crippen LogP contribution in [-0.4, -0.2) is 45.5 Å². The van der Waals surface area contributed by atoms with Crippen LogP contribution in [0, 0.1) is 0 Å². The number of aliphatic carboxylic acids is 1. The van der Waals surface area contributed by atoms with Gasteiger partial charge in [0, 0.05) is 15.7 Å². The second-order valence-electron chi connectivity index (χ2n) is 5.45. The predicted molar refractivity (Wildman–Crippen MR) is 93.8 cm³/mol. The van der Waals surface area contributed by atoms with Crippen LogP contribution in [0.1, 0.15) is 18.5 Å². The topological polar surface area (TPSA) is 116 Å². The number of carboxylic acids is 1. The Kier molecular flexibility index (Phi) is 4.94. The number of esters is 1. The molecule has 0 bridgehead atoms. The first-order valence-electron chi connectivity index (χ1n) is 7.52. The molecule has 10 heteroatoms. The highest BCUT2D eigenvalue weighted by atomic mass is 79.9. The maximum atomic E-state index is 12.4. The standard InChI is InChI=1S/C16H15BrN4O5/c1-8-13(15(24)25-2)14(21-16(20-8)18-7-19-21)10-5-9(17)3-4-11(10)26-6-12(22)23/h3-5,7,14H,6H2,1-2H3,(H,22,23)(H,18,19,20)/t14-/m0/s1. The Morgan fingerprint density at radius 3 is 2.88 bits per heavy atom. The number of rotatable bonds is 5. The zero-order valence-corrected chi connectivity index (χ0v) is 15.5. The minimum absolute atomic E-state index is 0.318. The number of aromatic nitrogens is 3. The molecule has 0 saturated heterocycles. The van der Waals surface area contributed by atoms with E-state index in [0.29, 0.717) is 28.5 Å². The predicted octanol–water partition coefficient (Wildman–Crippen LogP) is 1.97. The monoisotopic (exact) mass is 422 g/mol. The highest BCUT2D eigenvalue weighted by Crippen LogP contribution is 2.40. The van der Waals surface area contributed by atoms with E-state index in [1.165, 1.54) is 18.1 Å². The van der Waals surface area contributed by atoms with Crippen molar-refractivity contribution in [2.45, 2.75) is 13.0 Å². The molecule has 0 fully saturated rings. The van der Waals surface area contributed by atoms with E-state index in [9.17, 15) is 9.59 Å². The quantitative estimate of drug-likeness (QED) is 0.702. The van der Waals surface area contributed by atoms with E-state index >= 15 is 0 Å². The number of hydrogen-bond acceptors (Lipinski definition) is 7. The van der Waals surface area contributed by atoms with Crippen molar-refractivity contribution in [2.24, 2.45) is 0 Å². The third kappa shape index (κ3) is 3.27. The van der Waals surface area contributed by atoms with Crippen molar-refractivity contribution in [1.29, 1.82) is 0 Å². The minimum atomic E-state index is -1.11.